The Morgan fingerprint density at radius 2 is 1.97 bits per heavy atom. The number of halogens is 2. The van der Waals surface area contributed by atoms with Crippen LogP contribution in [0.5, 0.6) is 5.75 Å². The molecule has 3 N–H and O–H groups in total. The number of pyridine rings is 1. The SMILES string of the molecule is COc1c([C@@H]2CC(C(C)(C)C)O[C@H]2C(=O)Nc2ccnc(C(N)=O)c2)ccc(F)c1F. The van der Waals surface area contributed by atoms with Gasteiger partial charge >= 0.3 is 0 Å². The molecule has 3 atom stereocenters. The number of nitrogens with zero attached hydrogens (tertiary/aromatic N) is 1. The Morgan fingerprint density at radius 3 is 2.58 bits per heavy atom. The molecule has 0 saturated carbocycles. The fourth-order valence-corrected chi connectivity index (χ4v) is 3.68. The first-order valence-electron chi connectivity index (χ1n) is 9.77. The zero-order valence-electron chi connectivity index (χ0n) is 17.7. The van der Waals surface area contributed by atoms with Crippen molar-refractivity contribution >= 4 is 17.5 Å². The smallest absolute Gasteiger partial charge is 0.267 e. The molecule has 1 fully saturated rings. The zero-order valence-corrected chi connectivity index (χ0v) is 17.7. The molecule has 1 aliphatic rings. The number of anilines is 1. The predicted octanol–water partition coefficient (Wildman–Crippen LogP) is 3.39. The summed E-state index contributed by atoms with van der Waals surface area (Å²) in [6.07, 6.45) is 0.447. The summed E-state index contributed by atoms with van der Waals surface area (Å²) in [6.45, 7) is 5.92. The van der Waals surface area contributed by atoms with Gasteiger partial charge in [0.05, 0.1) is 13.2 Å². The number of aromatic nitrogens is 1. The van der Waals surface area contributed by atoms with Gasteiger partial charge in [0.25, 0.3) is 11.8 Å². The number of rotatable bonds is 5. The number of hydrogen-bond donors (Lipinski definition) is 2. The molecule has 0 radical (unpaired) electrons. The van der Waals surface area contributed by atoms with Gasteiger partial charge in [0.1, 0.15) is 11.8 Å². The number of nitrogens with two attached hydrogens (primary N) is 1. The van der Waals surface area contributed by atoms with Crippen LogP contribution in [-0.4, -0.2) is 36.1 Å². The highest BCUT2D eigenvalue weighted by atomic mass is 19.2. The van der Waals surface area contributed by atoms with E-state index in [0.717, 1.165) is 6.07 Å². The molecule has 0 spiro atoms. The normalized spacial score (nSPS) is 21.0. The lowest BCUT2D eigenvalue weighted by Crippen LogP contribution is -2.34. The summed E-state index contributed by atoms with van der Waals surface area (Å²) in [7, 11) is 1.25. The summed E-state index contributed by atoms with van der Waals surface area (Å²) in [6, 6.07) is 5.28. The van der Waals surface area contributed by atoms with Gasteiger partial charge < -0.3 is 20.5 Å². The van der Waals surface area contributed by atoms with Crippen LogP contribution in [0.2, 0.25) is 0 Å². The molecule has 1 aromatic carbocycles. The number of carbonyl (C=O) groups is 2. The minimum absolute atomic E-state index is 0.00321. The lowest BCUT2D eigenvalue weighted by atomic mass is 9.82. The van der Waals surface area contributed by atoms with Crippen LogP contribution in [0.3, 0.4) is 0 Å². The maximum atomic E-state index is 14.4. The highest BCUT2D eigenvalue weighted by Crippen LogP contribution is 2.45. The van der Waals surface area contributed by atoms with Gasteiger partial charge in [-0.05, 0) is 30.0 Å². The van der Waals surface area contributed by atoms with Crippen LogP contribution in [0.15, 0.2) is 30.5 Å². The van der Waals surface area contributed by atoms with Crippen molar-refractivity contribution in [2.75, 3.05) is 12.4 Å². The highest BCUT2D eigenvalue weighted by molar-refractivity contribution is 5.97. The molecule has 2 amide bonds. The molecule has 31 heavy (non-hydrogen) atoms. The van der Waals surface area contributed by atoms with Crippen LogP contribution in [0.1, 0.15) is 49.2 Å². The van der Waals surface area contributed by atoms with E-state index in [4.69, 9.17) is 15.2 Å². The van der Waals surface area contributed by atoms with Crippen LogP contribution in [-0.2, 0) is 9.53 Å². The first kappa shape index (κ1) is 22.6. The van der Waals surface area contributed by atoms with Gasteiger partial charge in [-0.15, -0.1) is 0 Å². The van der Waals surface area contributed by atoms with Crippen molar-refractivity contribution < 1.29 is 27.8 Å². The summed E-state index contributed by atoms with van der Waals surface area (Å²) < 4.78 is 39.3. The molecule has 0 bridgehead atoms. The zero-order chi connectivity index (χ0) is 22.9. The molecule has 1 aromatic heterocycles. The molecule has 3 rings (SSSR count). The molecule has 1 saturated heterocycles. The second-order valence-corrected chi connectivity index (χ2v) is 8.52. The van der Waals surface area contributed by atoms with Crippen molar-refractivity contribution in [1.82, 2.24) is 4.98 Å². The molecule has 2 heterocycles. The average Bonchev–Trinajstić information content (AvgIpc) is 3.16. The van der Waals surface area contributed by atoms with Crippen LogP contribution >= 0.6 is 0 Å². The first-order valence-corrected chi connectivity index (χ1v) is 9.77. The maximum Gasteiger partial charge on any atom is 0.267 e. The van der Waals surface area contributed by atoms with Gasteiger partial charge in [-0.3, -0.25) is 14.6 Å². The fourth-order valence-electron chi connectivity index (χ4n) is 3.68. The number of hydrogen-bond acceptors (Lipinski definition) is 5. The third-order valence-electron chi connectivity index (χ3n) is 5.33. The Hall–Kier alpha value is -3.07. The van der Waals surface area contributed by atoms with Gasteiger partial charge in [0.15, 0.2) is 11.6 Å². The number of primary amides is 1. The minimum Gasteiger partial charge on any atom is -0.493 e. The van der Waals surface area contributed by atoms with Crippen LogP contribution in [0.25, 0.3) is 0 Å². The molecular weight excluding hydrogens is 408 g/mol. The summed E-state index contributed by atoms with van der Waals surface area (Å²) in [5, 5.41) is 2.69. The summed E-state index contributed by atoms with van der Waals surface area (Å²) in [4.78, 5) is 28.3. The van der Waals surface area contributed by atoms with E-state index in [1.165, 1.54) is 31.5 Å². The van der Waals surface area contributed by atoms with E-state index in [0.29, 0.717) is 17.7 Å². The van der Waals surface area contributed by atoms with Crippen molar-refractivity contribution in [1.29, 1.82) is 0 Å². The first-order chi connectivity index (χ1) is 14.5. The maximum absolute atomic E-state index is 14.4. The Balaban J connectivity index is 1.96. The number of ether oxygens (including phenoxy) is 2. The second-order valence-electron chi connectivity index (χ2n) is 8.52. The summed E-state index contributed by atoms with van der Waals surface area (Å²) >= 11 is 0. The summed E-state index contributed by atoms with van der Waals surface area (Å²) in [5.74, 6) is -4.20. The third kappa shape index (κ3) is 4.66. The largest absolute Gasteiger partial charge is 0.493 e. The van der Waals surface area contributed by atoms with Gasteiger partial charge in [-0.25, -0.2) is 4.39 Å². The summed E-state index contributed by atoms with van der Waals surface area (Å²) in [5.41, 5.74) is 5.60. The van der Waals surface area contributed by atoms with Crippen molar-refractivity contribution in [2.45, 2.75) is 45.3 Å². The highest BCUT2D eigenvalue weighted by Gasteiger charge is 2.46. The van der Waals surface area contributed by atoms with E-state index < -0.39 is 35.5 Å². The number of nitrogens with one attached hydrogen (secondary N) is 1. The quantitative estimate of drug-likeness (QED) is 0.752. The Morgan fingerprint density at radius 1 is 1.26 bits per heavy atom. The van der Waals surface area contributed by atoms with Crippen molar-refractivity contribution in [3.05, 3.63) is 53.4 Å². The molecular formula is C22H25F2N3O4. The molecule has 0 aliphatic carbocycles. The lowest BCUT2D eigenvalue weighted by molar-refractivity contribution is -0.129. The monoisotopic (exact) mass is 433 g/mol. The number of benzene rings is 1. The third-order valence-corrected chi connectivity index (χ3v) is 5.33. The van der Waals surface area contributed by atoms with Gasteiger partial charge in [-0.2, -0.15) is 4.39 Å². The molecule has 1 unspecified atom stereocenters. The minimum atomic E-state index is -1.11. The molecule has 9 heteroatoms. The number of methoxy groups -OCH3 is 1. The van der Waals surface area contributed by atoms with Gasteiger partial charge in [-0.1, -0.05) is 26.8 Å². The topological polar surface area (TPSA) is 104 Å². The van der Waals surface area contributed by atoms with Crippen molar-refractivity contribution in [3.63, 3.8) is 0 Å². The van der Waals surface area contributed by atoms with Gasteiger partial charge in [0.2, 0.25) is 5.82 Å². The molecule has 166 valence electrons. The van der Waals surface area contributed by atoms with E-state index in [1.807, 2.05) is 20.8 Å². The van der Waals surface area contributed by atoms with E-state index in [-0.39, 0.29) is 23.0 Å². The molecule has 7 nitrogen and oxygen atoms in total. The predicted molar refractivity (Wildman–Crippen MR) is 110 cm³/mol. The standard InChI is InChI=1S/C22H25F2N3O4/c1-22(2,3)16-10-13(12-5-6-14(23)17(24)18(12)30-4)19(31-16)21(29)27-11-7-8-26-15(9-11)20(25)28/h5-9,13,16,19H,10H2,1-4H3,(H2,25,28)(H,26,27,29)/t13-,16?,19+/m0/s1. The number of amides is 2. The van der Waals surface area contributed by atoms with E-state index >= 15 is 0 Å². The average molecular weight is 433 g/mol. The van der Waals surface area contributed by atoms with Gasteiger partial charge in [0, 0.05) is 23.4 Å². The van der Waals surface area contributed by atoms with E-state index in [1.54, 1.807) is 0 Å². The van der Waals surface area contributed by atoms with Crippen molar-refractivity contribution in [2.24, 2.45) is 11.1 Å². The van der Waals surface area contributed by atoms with E-state index in [9.17, 15) is 18.4 Å². The lowest BCUT2D eigenvalue weighted by Gasteiger charge is -2.26. The molecule has 2 aromatic rings. The Bertz CT molecular complexity index is 1010. The fraction of sp³-hybridized carbons (Fsp3) is 0.409. The van der Waals surface area contributed by atoms with E-state index in [2.05, 4.69) is 10.3 Å². The van der Waals surface area contributed by atoms with Crippen molar-refractivity contribution in [3.8, 4) is 5.75 Å². The Kier molecular flexibility index (Phi) is 6.26. The van der Waals surface area contributed by atoms with Crippen LogP contribution in [0, 0.1) is 17.0 Å². The second kappa shape index (κ2) is 8.58. The van der Waals surface area contributed by atoms with Crippen LogP contribution < -0.4 is 15.8 Å². The number of carbonyl (C=O) groups excluding carboxylic acids is 2. The molecule has 1 aliphatic heterocycles. The van der Waals surface area contributed by atoms with Crippen LogP contribution in [0.4, 0.5) is 14.5 Å². The Labute approximate surface area is 178 Å².